The smallest absolute Gasteiger partial charge is 0.386 e. The number of rotatable bonds is 16. The quantitative estimate of drug-likeness (QED) is 0.0419. The minimum atomic E-state index is -5.21. The van der Waals surface area contributed by atoms with Crippen molar-refractivity contribution in [2.45, 2.75) is 49.7 Å². The summed E-state index contributed by atoms with van der Waals surface area (Å²) in [5, 5.41) is 16.0. The number of nitrogen functional groups attached to an aromatic ring is 2. The Balaban J connectivity index is 1.07. The number of aromatic amines is 2. The minimum Gasteiger partial charge on any atom is -0.386 e. The van der Waals surface area contributed by atoms with Gasteiger partial charge in [-0.15, -0.1) is 0 Å². The Hall–Kier alpha value is -2.84. The van der Waals surface area contributed by atoms with Gasteiger partial charge >= 0.3 is 24.9 Å². The van der Waals surface area contributed by atoms with E-state index < -0.39 is 79.5 Å². The third kappa shape index (κ3) is 9.14. The molecule has 278 valence electrons. The Morgan fingerprint density at radius 3 is 2.52 bits per heavy atom. The van der Waals surface area contributed by atoms with Gasteiger partial charge in [0.1, 0.15) is 36.8 Å². The van der Waals surface area contributed by atoms with Crippen LogP contribution in [0.4, 0.5) is 23.4 Å². The number of fused-ring (bicyclic) bond motifs is 1. The van der Waals surface area contributed by atoms with Gasteiger partial charge in [0.2, 0.25) is 11.9 Å². The number of hydrogen-bond acceptors (Lipinski definition) is 23. The second kappa shape index (κ2) is 15.8. The molecule has 2 saturated heterocycles. The van der Waals surface area contributed by atoms with E-state index in [0.29, 0.717) is 12.8 Å². The molecular weight excluding hydrogens is 741 g/mol. The van der Waals surface area contributed by atoms with E-state index in [-0.39, 0.29) is 41.2 Å². The van der Waals surface area contributed by atoms with Crippen LogP contribution in [0.2, 0.25) is 0 Å². The van der Waals surface area contributed by atoms with E-state index in [1.807, 2.05) is 0 Å². The molecule has 5 rings (SSSR count). The van der Waals surface area contributed by atoms with Crippen LogP contribution in [0.1, 0.15) is 19.1 Å². The second-order valence-corrected chi connectivity index (χ2v) is 14.6. The van der Waals surface area contributed by atoms with Crippen molar-refractivity contribution in [1.82, 2.24) is 29.5 Å². The Morgan fingerprint density at radius 2 is 1.80 bits per heavy atom. The molecule has 29 heteroatoms. The molecule has 2 fully saturated rings. The van der Waals surface area contributed by atoms with Gasteiger partial charge in [-0.2, -0.15) is 34.4 Å². The lowest BCUT2D eigenvalue weighted by atomic mass is 10.1. The molecule has 7 atom stereocenters. The number of anilines is 4. The van der Waals surface area contributed by atoms with Crippen molar-refractivity contribution in [3.8, 4) is 0 Å². The number of nitrogens with zero attached hydrogens (tertiary/aromatic N) is 4. The highest BCUT2D eigenvalue weighted by Crippen LogP contribution is 2.73. The summed E-state index contributed by atoms with van der Waals surface area (Å²) in [6.45, 7) is -0.941. The van der Waals surface area contributed by atoms with Crippen LogP contribution in [-0.2, 0) is 36.9 Å². The number of H-pyrrole nitrogens is 2. The lowest BCUT2D eigenvalue weighted by Gasteiger charge is -2.19. The first kappa shape index (κ1) is 38.4. The molecule has 7 unspecified atom stereocenters. The van der Waals surface area contributed by atoms with Crippen LogP contribution in [-0.4, -0.2) is 117 Å². The molecular formula is C21H35N10O16P3+2. The number of aliphatic hydroxyl groups is 1. The number of methoxy groups -OCH3 is 1. The van der Waals surface area contributed by atoms with Gasteiger partial charge in [-0.25, -0.2) is 4.98 Å². The van der Waals surface area contributed by atoms with Crippen molar-refractivity contribution >= 4 is 59.5 Å². The molecule has 5 heterocycles. The molecule has 0 radical (unpaired) electrons. The fourth-order valence-electron chi connectivity index (χ4n) is 5.01. The van der Waals surface area contributed by atoms with Crippen LogP contribution in [0.3, 0.4) is 0 Å². The Labute approximate surface area is 281 Å². The summed E-state index contributed by atoms with van der Waals surface area (Å²) in [5.41, 5.74) is 10.3. The second-order valence-electron chi connectivity index (χ2n) is 10.5. The van der Waals surface area contributed by atoms with Gasteiger partial charge in [0.25, 0.3) is 11.1 Å². The van der Waals surface area contributed by atoms with Gasteiger partial charge in [-0.1, -0.05) is 4.31 Å². The average molecular weight is 776 g/mol. The van der Waals surface area contributed by atoms with E-state index in [1.165, 1.54) is 25.1 Å². The standard InChI is InChI=1S/C21H33N10O16P3/c1-24-11-15(27-20(22)29-17(11)33)26-19-13(32)14(40-2)9(44-19)6-42-48(35)46-50(38,39)47-49(36,37)45-41-5-8-3-4-10(43-8)31-7-25-12-16(31)28-21(23)30-18(12)34/h7-10,13-14,19,24,32,35-39H,3-6H2,1-2H3,(H5-2,22,23,26,27,28,29,30,33,34)/p+2. The normalized spacial score (nSPS) is 25.0. The Kier molecular flexibility index (Phi) is 12.1. The average Bonchev–Trinajstić information content (AvgIpc) is 3.72. The molecule has 3 aromatic heterocycles. The van der Waals surface area contributed by atoms with Crippen molar-refractivity contribution < 1.29 is 66.5 Å². The van der Waals surface area contributed by atoms with E-state index in [9.17, 15) is 39.2 Å². The molecule has 0 bridgehead atoms. The SMILES string of the molecule is CNc1c(NC2OC(COP(O)O[P+](O)(O)O[P+](O)(O)OOCC3CCC(n4cnc5c(=O)[nH]c(N)nc54)O3)C(OC)C2O)nc(N)[nH]c1=O. The molecule has 14 N–H and O–H groups in total. The van der Waals surface area contributed by atoms with E-state index >= 15 is 0 Å². The summed E-state index contributed by atoms with van der Waals surface area (Å²) in [7, 11) is -10.8. The number of hydrogen-bond donors (Lipinski definition) is 12. The van der Waals surface area contributed by atoms with E-state index in [1.54, 1.807) is 0 Å². The maximum Gasteiger partial charge on any atom is 0.649 e. The van der Waals surface area contributed by atoms with Gasteiger partial charge in [-0.05, 0) is 12.8 Å². The molecule has 3 aromatic rings. The van der Waals surface area contributed by atoms with Gasteiger partial charge in [0, 0.05) is 18.8 Å². The van der Waals surface area contributed by atoms with E-state index in [0.717, 1.165) is 0 Å². The first-order chi connectivity index (χ1) is 23.6. The monoisotopic (exact) mass is 776 g/mol. The summed E-state index contributed by atoms with van der Waals surface area (Å²) >= 11 is 0. The summed E-state index contributed by atoms with van der Waals surface area (Å²) in [6, 6.07) is 0. The zero-order valence-electron chi connectivity index (χ0n) is 25.9. The summed E-state index contributed by atoms with van der Waals surface area (Å²) in [6.07, 6.45) is -3.87. The fraction of sp³-hybridized carbons (Fsp3) is 0.571. The molecule has 2 aliphatic rings. The lowest BCUT2D eigenvalue weighted by Crippen LogP contribution is -2.38. The largest absolute Gasteiger partial charge is 0.649 e. The third-order valence-electron chi connectivity index (χ3n) is 7.06. The zero-order valence-corrected chi connectivity index (χ0v) is 28.6. The highest BCUT2D eigenvalue weighted by atomic mass is 31.3. The van der Waals surface area contributed by atoms with Crippen LogP contribution in [0.5, 0.6) is 0 Å². The van der Waals surface area contributed by atoms with E-state index in [2.05, 4.69) is 48.8 Å². The summed E-state index contributed by atoms with van der Waals surface area (Å²) in [4.78, 5) is 96.0. The van der Waals surface area contributed by atoms with Crippen LogP contribution in [0, 0.1) is 0 Å². The molecule has 0 saturated carbocycles. The van der Waals surface area contributed by atoms with Crippen molar-refractivity contribution in [2.75, 3.05) is 49.5 Å². The lowest BCUT2D eigenvalue weighted by molar-refractivity contribution is -0.247. The molecule has 0 aliphatic carbocycles. The number of ether oxygens (including phenoxy) is 3. The fourth-order valence-corrected chi connectivity index (χ4v) is 8.00. The topological polar surface area (TPSA) is 381 Å². The Morgan fingerprint density at radius 1 is 1.08 bits per heavy atom. The maximum absolute atomic E-state index is 12.1. The Bertz CT molecular complexity index is 1750. The molecule has 26 nitrogen and oxygen atoms in total. The highest BCUT2D eigenvalue weighted by molar-refractivity contribution is 7.71. The molecule has 0 aromatic carbocycles. The molecule has 2 aliphatic heterocycles. The number of aromatic nitrogens is 6. The predicted molar refractivity (Wildman–Crippen MR) is 171 cm³/mol. The van der Waals surface area contributed by atoms with Crippen molar-refractivity contribution in [2.24, 2.45) is 0 Å². The van der Waals surface area contributed by atoms with Gasteiger partial charge in [0.05, 0.1) is 23.3 Å². The highest BCUT2D eigenvalue weighted by Gasteiger charge is 2.64. The first-order valence-electron chi connectivity index (χ1n) is 14.2. The van der Waals surface area contributed by atoms with Crippen LogP contribution in [0.15, 0.2) is 15.9 Å². The van der Waals surface area contributed by atoms with E-state index in [4.69, 9.17) is 35.1 Å². The van der Waals surface area contributed by atoms with Crippen molar-refractivity contribution in [1.29, 1.82) is 0 Å². The number of aliphatic hydroxyl groups excluding tert-OH is 1. The molecule has 0 amide bonds. The number of nitrogens with one attached hydrogen (secondary N) is 4. The summed E-state index contributed by atoms with van der Waals surface area (Å²) in [5.74, 6) is -0.377. The summed E-state index contributed by atoms with van der Waals surface area (Å²) < 4.78 is 36.7. The minimum absolute atomic E-state index is 0.00743. The van der Waals surface area contributed by atoms with Crippen LogP contribution < -0.4 is 33.2 Å². The number of nitrogens with two attached hydrogens (primary N) is 2. The van der Waals surface area contributed by atoms with Crippen LogP contribution >= 0.6 is 24.9 Å². The van der Waals surface area contributed by atoms with Gasteiger partial charge in [0.15, 0.2) is 23.2 Å². The predicted octanol–water partition coefficient (Wildman–Crippen LogP) is -2.16. The zero-order chi connectivity index (χ0) is 36.4. The van der Waals surface area contributed by atoms with Crippen LogP contribution in [0.25, 0.3) is 11.2 Å². The first-order valence-corrected chi connectivity index (χ1v) is 18.4. The van der Waals surface area contributed by atoms with Crippen molar-refractivity contribution in [3.05, 3.63) is 27.0 Å². The maximum atomic E-state index is 12.1. The molecule has 50 heavy (non-hydrogen) atoms. The van der Waals surface area contributed by atoms with Crippen molar-refractivity contribution in [3.63, 3.8) is 0 Å². The van der Waals surface area contributed by atoms with Gasteiger partial charge in [-0.3, -0.25) is 24.1 Å². The van der Waals surface area contributed by atoms with Gasteiger partial charge < -0.3 is 50.8 Å². The number of imidazole rings is 1. The molecule has 0 spiro atoms. The third-order valence-corrected chi connectivity index (χ3v) is 10.8.